The molecule has 21 heavy (non-hydrogen) atoms. The van der Waals surface area contributed by atoms with Crippen LogP contribution in [0.3, 0.4) is 0 Å². The van der Waals surface area contributed by atoms with E-state index in [2.05, 4.69) is 41.3 Å². The highest BCUT2D eigenvalue weighted by Crippen LogP contribution is 2.29. The highest BCUT2D eigenvalue weighted by molar-refractivity contribution is 5.91. The van der Waals surface area contributed by atoms with Crippen molar-refractivity contribution in [2.24, 2.45) is 5.73 Å². The molecule has 1 aliphatic heterocycles. The molecular weight excluding hydrogens is 284 g/mol. The number of benzene rings is 2. The average molecular weight is 307 g/mol. The van der Waals surface area contributed by atoms with Gasteiger partial charge in [0.05, 0.1) is 7.11 Å². The molecule has 1 atom stereocenters. The van der Waals surface area contributed by atoms with Crippen LogP contribution in [-0.4, -0.2) is 31.1 Å². The zero-order valence-electron chi connectivity index (χ0n) is 12.4. The maximum Gasteiger partial charge on any atom is 0.126 e. The third kappa shape index (κ3) is 3.49. The molecule has 0 aliphatic carbocycles. The van der Waals surface area contributed by atoms with Crippen molar-refractivity contribution in [3.8, 4) is 5.75 Å². The molecule has 0 aromatic heterocycles. The Morgan fingerprint density at radius 3 is 2.67 bits per heavy atom. The Morgan fingerprint density at radius 2 is 1.95 bits per heavy atom. The standard InChI is InChI=1S/C17H22N2O.ClH/c1-20-17-9-8-13(15-6-2-3-7-16(15)17)11-19-10-4-5-14(18)12-19;/h2-3,6-9,14H,4-5,10-12,18H2,1H3;1H. The van der Waals surface area contributed by atoms with Gasteiger partial charge in [0.15, 0.2) is 0 Å². The molecule has 1 saturated heterocycles. The number of ether oxygens (including phenoxy) is 1. The van der Waals surface area contributed by atoms with E-state index in [1.807, 2.05) is 0 Å². The van der Waals surface area contributed by atoms with Crippen LogP contribution in [0, 0.1) is 0 Å². The van der Waals surface area contributed by atoms with E-state index in [-0.39, 0.29) is 12.4 Å². The van der Waals surface area contributed by atoms with Crippen LogP contribution in [0.1, 0.15) is 18.4 Å². The van der Waals surface area contributed by atoms with Crippen LogP contribution in [0.25, 0.3) is 10.8 Å². The molecule has 0 amide bonds. The van der Waals surface area contributed by atoms with Gasteiger partial charge in [-0.1, -0.05) is 30.3 Å². The quantitative estimate of drug-likeness (QED) is 0.946. The van der Waals surface area contributed by atoms with Crippen molar-refractivity contribution in [2.75, 3.05) is 20.2 Å². The first kappa shape index (κ1) is 16.1. The summed E-state index contributed by atoms with van der Waals surface area (Å²) in [6.07, 6.45) is 2.36. The van der Waals surface area contributed by atoms with Crippen LogP contribution in [0.2, 0.25) is 0 Å². The molecule has 4 heteroatoms. The number of nitrogens with zero attached hydrogens (tertiary/aromatic N) is 1. The average Bonchev–Trinajstić information content (AvgIpc) is 2.48. The van der Waals surface area contributed by atoms with E-state index >= 15 is 0 Å². The molecule has 0 saturated carbocycles. The van der Waals surface area contributed by atoms with Gasteiger partial charge in [-0.05, 0) is 36.4 Å². The summed E-state index contributed by atoms with van der Waals surface area (Å²) in [6.45, 7) is 3.12. The fraction of sp³-hybridized carbons (Fsp3) is 0.412. The maximum absolute atomic E-state index is 6.08. The second-order valence-corrected chi connectivity index (χ2v) is 5.61. The minimum absolute atomic E-state index is 0. The number of halogens is 1. The maximum atomic E-state index is 6.08. The van der Waals surface area contributed by atoms with Gasteiger partial charge in [0.2, 0.25) is 0 Å². The van der Waals surface area contributed by atoms with Gasteiger partial charge in [0.1, 0.15) is 5.75 Å². The van der Waals surface area contributed by atoms with E-state index in [0.29, 0.717) is 6.04 Å². The Morgan fingerprint density at radius 1 is 1.19 bits per heavy atom. The number of methoxy groups -OCH3 is 1. The smallest absolute Gasteiger partial charge is 0.126 e. The first-order valence-electron chi connectivity index (χ1n) is 7.30. The molecule has 1 aliphatic rings. The summed E-state index contributed by atoms with van der Waals surface area (Å²) >= 11 is 0. The molecule has 3 rings (SSSR count). The van der Waals surface area contributed by atoms with E-state index in [0.717, 1.165) is 31.8 Å². The molecule has 1 unspecified atom stereocenters. The molecular formula is C17H23ClN2O. The molecule has 0 bridgehead atoms. The normalized spacial score (nSPS) is 19.2. The molecule has 114 valence electrons. The van der Waals surface area contributed by atoms with Gasteiger partial charge in [0, 0.05) is 24.5 Å². The zero-order valence-corrected chi connectivity index (χ0v) is 13.2. The summed E-state index contributed by atoms with van der Waals surface area (Å²) in [6, 6.07) is 13.0. The lowest BCUT2D eigenvalue weighted by molar-refractivity contribution is 0.202. The summed E-state index contributed by atoms with van der Waals surface area (Å²) in [4.78, 5) is 2.46. The summed E-state index contributed by atoms with van der Waals surface area (Å²) in [7, 11) is 1.73. The van der Waals surface area contributed by atoms with E-state index < -0.39 is 0 Å². The van der Waals surface area contributed by atoms with Crippen LogP contribution in [0.5, 0.6) is 5.75 Å². The number of likely N-dealkylation sites (tertiary alicyclic amines) is 1. The van der Waals surface area contributed by atoms with Gasteiger partial charge in [-0.3, -0.25) is 4.90 Å². The Balaban J connectivity index is 0.00000161. The Hall–Kier alpha value is -1.29. The molecule has 2 aromatic carbocycles. The van der Waals surface area contributed by atoms with Crippen molar-refractivity contribution in [1.29, 1.82) is 0 Å². The molecule has 0 radical (unpaired) electrons. The van der Waals surface area contributed by atoms with Crippen LogP contribution >= 0.6 is 12.4 Å². The first-order chi connectivity index (χ1) is 9.78. The van der Waals surface area contributed by atoms with Crippen LogP contribution in [0.4, 0.5) is 0 Å². The second-order valence-electron chi connectivity index (χ2n) is 5.61. The molecule has 1 heterocycles. The summed E-state index contributed by atoms with van der Waals surface area (Å²) in [5, 5.41) is 2.47. The number of fused-ring (bicyclic) bond motifs is 1. The van der Waals surface area contributed by atoms with Gasteiger partial charge in [-0.15, -0.1) is 12.4 Å². The largest absolute Gasteiger partial charge is 0.496 e. The SMILES string of the molecule is COc1ccc(CN2CCCC(N)C2)c2ccccc12.Cl. The highest BCUT2D eigenvalue weighted by Gasteiger charge is 2.17. The molecule has 3 nitrogen and oxygen atoms in total. The lowest BCUT2D eigenvalue weighted by Gasteiger charge is -2.31. The number of nitrogens with two attached hydrogens (primary N) is 1. The van der Waals surface area contributed by atoms with E-state index in [1.165, 1.54) is 22.8 Å². The Kier molecular flexibility index (Phi) is 5.45. The number of hydrogen-bond donors (Lipinski definition) is 1. The number of hydrogen-bond acceptors (Lipinski definition) is 3. The summed E-state index contributed by atoms with van der Waals surface area (Å²) in [5.74, 6) is 0.944. The zero-order chi connectivity index (χ0) is 13.9. The van der Waals surface area contributed by atoms with E-state index in [1.54, 1.807) is 7.11 Å². The fourth-order valence-electron chi connectivity index (χ4n) is 3.13. The van der Waals surface area contributed by atoms with Crippen molar-refractivity contribution >= 4 is 23.2 Å². The Labute approximate surface area is 132 Å². The molecule has 2 N–H and O–H groups in total. The molecule has 0 spiro atoms. The van der Waals surface area contributed by atoms with Crippen molar-refractivity contribution in [2.45, 2.75) is 25.4 Å². The minimum Gasteiger partial charge on any atom is -0.496 e. The van der Waals surface area contributed by atoms with Gasteiger partial charge < -0.3 is 10.5 Å². The van der Waals surface area contributed by atoms with Crippen LogP contribution in [0.15, 0.2) is 36.4 Å². The Bertz CT molecular complexity index is 602. The summed E-state index contributed by atoms with van der Waals surface area (Å²) < 4.78 is 5.46. The van der Waals surface area contributed by atoms with Gasteiger partial charge >= 0.3 is 0 Å². The second kappa shape index (κ2) is 7.12. The van der Waals surface area contributed by atoms with E-state index in [4.69, 9.17) is 10.5 Å². The highest BCUT2D eigenvalue weighted by atomic mass is 35.5. The van der Waals surface area contributed by atoms with Crippen LogP contribution in [-0.2, 0) is 6.54 Å². The van der Waals surface area contributed by atoms with Crippen LogP contribution < -0.4 is 10.5 Å². The number of piperidine rings is 1. The predicted molar refractivity (Wildman–Crippen MR) is 90.2 cm³/mol. The molecule has 1 fully saturated rings. The van der Waals surface area contributed by atoms with Gasteiger partial charge in [-0.25, -0.2) is 0 Å². The topological polar surface area (TPSA) is 38.5 Å². The third-order valence-electron chi connectivity index (χ3n) is 4.13. The predicted octanol–water partition coefficient (Wildman–Crippen LogP) is 3.19. The lowest BCUT2D eigenvalue weighted by Crippen LogP contribution is -2.42. The monoisotopic (exact) mass is 306 g/mol. The lowest BCUT2D eigenvalue weighted by atomic mass is 10.0. The number of rotatable bonds is 3. The fourth-order valence-corrected chi connectivity index (χ4v) is 3.13. The first-order valence-corrected chi connectivity index (χ1v) is 7.30. The van der Waals surface area contributed by atoms with Crippen molar-refractivity contribution < 1.29 is 4.74 Å². The minimum atomic E-state index is 0. The van der Waals surface area contributed by atoms with Crippen molar-refractivity contribution in [3.05, 3.63) is 42.0 Å². The van der Waals surface area contributed by atoms with Gasteiger partial charge in [-0.2, -0.15) is 0 Å². The van der Waals surface area contributed by atoms with Crippen molar-refractivity contribution in [3.63, 3.8) is 0 Å². The summed E-state index contributed by atoms with van der Waals surface area (Å²) in [5.41, 5.74) is 7.43. The molecule has 2 aromatic rings. The van der Waals surface area contributed by atoms with Gasteiger partial charge in [0.25, 0.3) is 0 Å². The van der Waals surface area contributed by atoms with E-state index in [9.17, 15) is 0 Å². The third-order valence-corrected chi connectivity index (χ3v) is 4.13. The van der Waals surface area contributed by atoms with Crippen molar-refractivity contribution in [1.82, 2.24) is 4.90 Å².